The fourth-order valence-corrected chi connectivity index (χ4v) is 4.97. The summed E-state index contributed by atoms with van der Waals surface area (Å²) in [6, 6.07) is 0. The molecule has 2 unspecified atom stereocenters. The van der Waals surface area contributed by atoms with Gasteiger partial charge in [-0.25, -0.2) is 8.42 Å². The molecule has 0 saturated carbocycles. The van der Waals surface area contributed by atoms with Gasteiger partial charge >= 0.3 is 0 Å². The predicted octanol–water partition coefficient (Wildman–Crippen LogP) is 0.308. The van der Waals surface area contributed by atoms with Crippen molar-refractivity contribution in [2.24, 2.45) is 11.7 Å². The average Bonchev–Trinajstić information content (AvgIpc) is 2.40. The number of amides is 1. The van der Waals surface area contributed by atoms with Crippen LogP contribution in [0, 0.1) is 5.92 Å². The number of rotatable bonds is 5. The Bertz CT molecular complexity index is 380. The van der Waals surface area contributed by atoms with Crippen LogP contribution >= 0.6 is 11.8 Å². The Morgan fingerprint density at radius 1 is 1.50 bits per heavy atom. The summed E-state index contributed by atoms with van der Waals surface area (Å²) in [6.45, 7) is 4.30. The Labute approximate surface area is 113 Å². The molecule has 18 heavy (non-hydrogen) atoms. The van der Waals surface area contributed by atoms with Crippen molar-refractivity contribution in [3.8, 4) is 0 Å². The minimum Gasteiger partial charge on any atom is -0.330 e. The smallest absolute Gasteiger partial charge is 0.228 e. The molecule has 2 N–H and O–H groups in total. The standard InChI is InChI=1S/C11H22N2O3S2/c1-3-9(7-12)11(14)13-5-6-17-8-10(13)18(15,16)4-2/h9-10H,3-8,12H2,1-2H3. The van der Waals surface area contributed by atoms with Crippen molar-refractivity contribution < 1.29 is 13.2 Å². The molecule has 1 saturated heterocycles. The molecule has 0 aromatic heterocycles. The van der Waals surface area contributed by atoms with Crippen LogP contribution in [0.2, 0.25) is 0 Å². The normalized spacial score (nSPS) is 22.8. The van der Waals surface area contributed by atoms with Crippen molar-refractivity contribution in [2.75, 3.05) is 30.3 Å². The lowest BCUT2D eigenvalue weighted by molar-refractivity contribution is -0.135. The van der Waals surface area contributed by atoms with E-state index in [1.807, 2.05) is 6.92 Å². The summed E-state index contributed by atoms with van der Waals surface area (Å²) >= 11 is 1.59. The SMILES string of the molecule is CCC(CN)C(=O)N1CCSCC1S(=O)(=O)CC. The van der Waals surface area contributed by atoms with Gasteiger partial charge in [0.1, 0.15) is 5.37 Å². The number of nitrogens with zero attached hydrogens (tertiary/aromatic N) is 1. The molecule has 0 bridgehead atoms. The Morgan fingerprint density at radius 3 is 2.67 bits per heavy atom. The zero-order chi connectivity index (χ0) is 13.8. The van der Waals surface area contributed by atoms with Gasteiger partial charge in [-0.15, -0.1) is 0 Å². The molecule has 5 nitrogen and oxygen atoms in total. The number of carbonyl (C=O) groups is 1. The van der Waals surface area contributed by atoms with Crippen LogP contribution in [0.4, 0.5) is 0 Å². The van der Waals surface area contributed by atoms with E-state index < -0.39 is 15.2 Å². The van der Waals surface area contributed by atoms with Gasteiger partial charge in [0.05, 0.1) is 5.92 Å². The highest BCUT2D eigenvalue weighted by atomic mass is 32.2. The number of carbonyl (C=O) groups excluding carboxylic acids is 1. The van der Waals surface area contributed by atoms with Gasteiger partial charge in [0.25, 0.3) is 0 Å². The molecule has 1 aliphatic rings. The first-order valence-corrected chi connectivity index (χ1v) is 9.14. The van der Waals surface area contributed by atoms with Gasteiger partial charge in [0.15, 0.2) is 9.84 Å². The number of hydrogen-bond donors (Lipinski definition) is 1. The van der Waals surface area contributed by atoms with Crippen LogP contribution in [0.1, 0.15) is 20.3 Å². The van der Waals surface area contributed by atoms with E-state index >= 15 is 0 Å². The van der Waals surface area contributed by atoms with Crippen LogP contribution < -0.4 is 5.73 Å². The molecular formula is C11H22N2O3S2. The summed E-state index contributed by atoms with van der Waals surface area (Å²) in [6.07, 6.45) is 0.651. The maximum absolute atomic E-state index is 12.3. The van der Waals surface area contributed by atoms with Gasteiger partial charge in [-0.2, -0.15) is 11.8 Å². The van der Waals surface area contributed by atoms with E-state index in [1.54, 1.807) is 18.7 Å². The maximum Gasteiger partial charge on any atom is 0.228 e. The van der Waals surface area contributed by atoms with E-state index in [9.17, 15) is 13.2 Å². The lowest BCUT2D eigenvalue weighted by Gasteiger charge is -2.36. The highest BCUT2D eigenvalue weighted by Crippen LogP contribution is 2.23. The van der Waals surface area contributed by atoms with Gasteiger partial charge in [-0.3, -0.25) is 4.79 Å². The van der Waals surface area contributed by atoms with Gasteiger partial charge < -0.3 is 10.6 Å². The summed E-state index contributed by atoms with van der Waals surface area (Å²) in [7, 11) is -3.22. The molecule has 1 heterocycles. The molecule has 106 valence electrons. The second-order valence-corrected chi connectivity index (χ2v) is 7.95. The summed E-state index contributed by atoms with van der Waals surface area (Å²) in [5.74, 6) is 0.970. The van der Waals surface area contributed by atoms with Crippen molar-refractivity contribution in [2.45, 2.75) is 25.6 Å². The topological polar surface area (TPSA) is 80.5 Å². The minimum absolute atomic E-state index is 0.0709. The van der Waals surface area contributed by atoms with E-state index in [2.05, 4.69) is 0 Å². The first kappa shape index (κ1) is 15.8. The average molecular weight is 294 g/mol. The van der Waals surface area contributed by atoms with Gasteiger partial charge in [0.2, 0.25) is 5.91 Å². The lowest BCUT2D eigenvalue weighted by atomic mass is 10.1. The largest absolute Gasteiger partial charge is 0.330 e. The van der Waals surface area contributed by atoms with Crippen molar-refractivity contribution in [1.82, 2.24) is 4.90 Å². The number of hydrogen-bond acceptors (Lipinski definition) is 5. The Balaban J connectivity index is 2.93. The summed E-state index contributed by atoms with van der Waals surface area (Å²) in [5, 5.41) is -0.672. The molecule has 7 heteroatoms. The second kappa shape index (κ2) is 6.77. The molecule has 0 aromatic carbocycles. The van der Waals surface area contributed by atoms with E-state index in [0.717, 1.165) is 5.75 Å². The molecule has 1 amide bonds. The molecule has 0 aromatic rings. The van der Waals surface area contributed by atoms with Crippen molar-refractivity contribution in [3.63, 3.8) is 0 Å². The molecule has 0 aliphatic carbocycles. The summed E-state index contributed by atoms with van der Waals surface area (Å²) in [5.41, 5.74) is 5.58. The molecule has 2 atom stereocenters. The molecule has 1 fully saturated rings. The van der Waals surface area contributed by atoms with E-state index in [-0.39, 0.29) is 24.1 Å². The zero-order valence-corrected chi connectivity index (χ0v) is 12.6. The second-order valence-electron chi connectivity index (χ2n) is 4.35. The predicted molar refractivity (Wildman–Crippen MR) is 75.1 cm³/mol. The fourth-order valence-electron chi connectivity index (χ4n) is 2.00. The summed E-state index contributed by atoms with van der Waals surface area (Å²) < 4.78 is 24.1. The third-order valence-corrected chi connectivity index (χ3v) is 6.60. The Morgan fingerprint density at radius 2 is 2.17 bits per heavy atom. The fraction of sp³-hybridized carbons (Fsp3) is 0.909. The van der Waals surface area contributed by atoms with Crippen LogP contribution in [-0.4, -0.2) is 54.9 Å². The van der Waals surface area contributed by atoms with Crippen LogP contribution in [0.3, 0.4) is 0 Å². The number of thioether (sulfide) groups is 1. The Hall–Kier alpha value is -0.270. The first-order chi connectivity index (χ1) is 8.47. The monoisotopic (exact) mass is 294 g/mol. The quantitative estimate of drug-likeness (QED) is 0.789. The van der Waals surface area contributed by atoms with Gasteiger partial charge in [-0.1, -0.05) is 13.8 Å². The van der Waals surface area contributed by atoms with Gasteiger partial charge in [-0.05, 0) is 6.42 Å². The third-order valence-electron chi connectivity index (χ3n) is 3.31. The zero-order valence-electron chi connectivity index (χ0n) is 11.0. The molecule has 1 rings (SSSR count). The number of nitrogens with two attached hydrogens (primary N) is 1. The summed E-state index contributed by atoms with van der Waals surface area (Å²) in [4.78, 5) is 13.8. The highest BCUT2D eigenvalue weighted by molar-refractivity contribution is 8.01. The Kier molecular flexibility index (Phi) is 5.94. The number of sulfone groups is 1. The molecule has 1 aliphatic heterocycles. The molecular weight excluding hydrogens is 272 g/mol. The molecule has 0 spiro atoms. The maximum atomic E-state index is 12.3. The lowest BCUT2D eigenvalue weighted by Crippen LogP contribution is -2.53. The first-order valence-electron chi connectivity index (χ1n) is 6.27. The van der Waals surface area contributed by atoms with Gasteiger partial charge in [0, 0.05) is 30.3 Å². The van der Waals surface area contributed by atoms with Crippen molar-refractivity contribution >= 4 is 27.5 Å². The van der Waals surface area contributed by atoms with Crippen molar-refractivity contribution in [1.29, 1.82) is 0 Å². The van der Waals surface area contributed by atoms with E-state index in [1.165, 1.54) is 4.90 Å². The van der Waals surface area contributed by atoms with Crippen molar-refractivity contribution in [3.05, 3.63) is 0 Å². The van der Waals surface area contributed by atoms with E-state index in [0.29, 0.717) is 18.7 Å². The minimum atomic E-state index is -3.22. The van der Waals surface area contributed by atoms with Crippen LogP contribution in [0.15, 0.2) is 0 Å². The van der Waals surface area contributed by atoms with E-state index in [4.69, 9.17) is 5.73 Å². The molecule has 0 radical (unpaired) electrons. The van der Waals surface area contributed by atoms with Crippen LogP contribution in [0.25, 0.3) is 0 Å². The van der Waals surface area contributed by atoms with Crippen LogP contribution in [-0.2, 0) is 14.6 Å². The third kappa shape index (κ3) is 3.39. The highest BCUT2D eigenvalue weighted by Gasteiger charge is 2.37. The van der Waals surface area contributed by atoms with Crippen LogP contribution in [0.5, 0.6) is 0 Å².